The number of hydrogen-bond donors (Lipinski definition) is 1. The molecule has 5 nitrogen and oxygen atoms in total. The summed E-state index contributed by atoms with van der Waals surface area (Å²) in [5.41, 5.74) is 2.39. The van der Waals surface area contributed by atoms with Crippen molar-refractivity contribution in [3.05, 3.63) is 70.9 Å². The molecule has 1 N–H and O–H groups in total. The maximum absolute atomic E-state index is 13.2. The molecule has 0 bridgehead atoms. The van der Waals surface area contributed by atoms with Crippen molar-refractivity contribution in [2.24, 2.45) is 0 Å². The number of nitrogens with one attached hydrogen (secondary N) is 1. The quantitative estimate of drug-likeness (QED) is 0.526. The molecule has 156 valence electrons. The second kappa shape index (κ2) is 8.67. The number of pyridine rings is 1. The summed E-state index contributed by atoms with van der Waals surface area (Å²) in [6.07, 6.45) is -2.14. The summed E-state index contributed by atoms with van der Waals surface area (Å²) in [6, 6.07) is 13.0. The zero-order valence-corrected chi connectivity index (χ0v) is 17.3. The number of hydrogen-bond acceptors (Lipinski definition) is 4. The van der Waals surface area contributed by atoms with Gasteiger partial charge in [-0.1, -0.05) is 37.6 Å². The van der Waals surface area contributed by atoms with Crippen molar-refractivity contribution in [3.8, 4) is 22.6 Å². The molecule has 1 aromatic heterocycles. The fraction of sp³-hybridized carbons (Fsp3) is 0.182. The number of amides is 1. The molecule has 0 fully saturated rings. The lowest BCUT2D eigenvalue weighted by atomic mass is 10.0. The monoisotopic (exact) mass is 432 g/mol. The molecular weight excluding hydrogens is 414 g/mol. The van der Waals surface area contributed by atoms with Crippen LogP contribution in [0.3, 0.4) is 0 Å². The van der Waals surface area contributed by atoms with Gasteiger partial charge in [-0.3, -0.25) is 4.79 Å². The molecule has 0 spiro atoms. The zero-order valence-electron chi connectivity index (χ0n) is 16.5. The van der Waals surface area contributed by atoms with Gasteiger partial charge in [0.05, 0.1) is 10.6 Å². The number of aromatic nitrogens is 1. The van der Waals surface area contributed by atoms with Crippen LogP contribution in [0.2, 0.25) is 5.02 Å². The smallest absolute Gasteiger partial charge is 0.395 e. The van der Waals surface area contributed by atoms with E-state index in [2.05, 4.69) is 19.8 Å². The Bertz CT molecular complexity index is 1070. The van der Waals surface area contributed by atoms with Crippen LogP contribution in [-0.4, -0.2) is 17.2 Å². The number of carbonyl (C=O) groups excluding carboxylic acids is 1. The molecule has 0 saturated carbocycles. The van der Waals surface area contributed by atoms with E-state index >= 15 is 0 Å². The summed E-state index contributed by atoms with van der Waals surface area (Å²) in [6.45, 7) is 5.77. The number of ether oxygens (including phenoxy) is 2. The Kier molecular flexibility index (Phi) is 6.22. The predicted octanol–water partition coefficient (Wildman–Crippen LogP) is 6.31. The molecule has 0 aliphatic carbocycles. The number of halogens is 3. The van der Waals surface area contributed by atoms with Crippen LogP contribution in [-0.2, 0) is 0 Å². The molecule has 0 saturated heterocycles. The van der Waals surface area contributed by atoms with Gasteiger partial charge in [0.2, 0.25) is 0 Å². The molecule has 4 rings (SSSR count). The van der Waals surface area contributed by atoms with Gasteiger partial charge in [0.1, 0.15) is 5.82 Å². The van der Waals surface area contributed by atoms with Crippen molar-refractivity contribution in [1.29, 1.82) is 0 Å². The van der Waals surface area contributed by atoms with Gasteiger partial charge < -0.3 is 14.8 Å². The third kappa shape index (κ3) is 4.52. The van der Waals surface area contributed by atoms with E-state index in [-0.39, 0.29) is 17.4 Å². The van der Waals surface area contributed by atoms with Crippen molar-refractivity contribution in [2.75, 3.05) is 5.32 Å². The SMILES string of the molecule is CC.Cc1cc2c(cc1-c1ccc(NC(=O)c3ccccc3Cl)nc1)OC(F)(F)O2. The lowest BCUT2D eigenvalue weighted by Gasteiger charge is -2.09. The van der Waals surface area contributed by atoms with E-state index in [0.717, 1.165) is 5.56 Å². The van der Waals surface area contributed by atoms with Crippen molar-refractivity contribution < 1.29 is 23.0 Å². The average Bonchev–Trinajstić information content (AvgIpc) is 3.02. The van der Waals surface area contributed by atoms with Gasteiger partial charge in [0, 0.05) is 11.8 Å². The first kappa shape index (κ1) is 21.5. The van der Waals surface area contributed by atoms with E-state index < -0.39 is 6.29 Å². The lowest BCUT2D eigenvalue weighted by molar-refractivity contribution is -0.286. The molecule has 1 amide bonds. The highest BCUT2D eigenvalue weighted by molar-refractivity contribution is 6.34. The van der Waals surface area contributed by atoms with Crippen molar-refractivity contribution in [2.45, 2.75) is 27.1 Å². The molecule has 1 aliphatic rings. The van der Waals surface area contributed by atoms with Crippen LogP contribution < -0.4 is 14.8 Å². The minimum atomic E-state index is -3.67. The highest BCUT2D eigenvalue weighted by Gasteiger charge is 2.43. The van der Waals surface area contributed by atoms with Gasteiger partial charge in [-0.15, -0.1) is 8.78 Å². The van der Waals surface area contributed by atoms with E-state index in [1.54, 1.807) is 43.3 Å². The minimum Gasteiger partial charge on any atom is -0.395 e. The molecule has 0 unspecified atom stereocenters. The highest BCUT2D eigenvalue weighted by Crippen LogP contribution is 2.44. The fourth-order valence-corrected chi connectivity index (χ4v) is 3.09. The van der Waals surface area contributed by atoms with Crippen LogP contribution in [0.4, 0.5) is 14.6 Å². The van der Waals surface area contributed by atoms with Crippen molar-refractivity contribution in [3.63, 3.8) is 0 Å². The number of rotatable bonds is 3. The summed E-state index contributed by atoms with van der Waals surface area (Å²) in [4.78, 5) is 16.5. The average molecular weight is 433 g/mol. The van der Waals surface area contributed by atoms with E-state index in [1.165, 1.54) is 18.3 Å². The van der Waals surface area contributed by atoms with Crippen LogP contribution in [0.5, 0.6) is 11.5 Å². The van der Waals surface area contributed by atoms with Crippen LogP contribution in [0.25, 0.3) is 11.1 Å². The van der Waals surface area contributed by atoms with E-state index in [4.69, 9.17) is 11.6 Å². The van der Waals surface area contributed by atoms with Gasteiger partial charge in [0.15, 0.2) is 11.5 Å². The minimum absolute atomic E-state index is 0.0113. The highest BCUT2D eigenvalue weighted by atomic mass is 35.5. The predicted molar refractivity (Wildman–Crippen MR) is 111 cm³/mol. The Morgan fingerprint density at radius 1 is 1.07 bits per heavy atom. The lowest BCUT2D eigenvalue weighted by Crippen LogP contribution is -2.25. The van der Waals surface area contributed by atoms with E-state index in [0.29, 0.717) is 27.5 Å². The Morgan fingerprint density at radius 2 is 1.73 bits per heavy atom. The van der Waals surface area contributed by atoms with Crippen molar-refractivity contribution in [1.82, 2.24) is 4.98 Å². The molecule has 30 heavy (non-hydrogen) atoms. The zero-order chi connectivity index (χ0) is 21.9. The van der Waals surface area contributed by atoms with Gasteiger partial charge in [-0.25, -0.2) is 4.98 Å². The number of carbonyl (C=O) groups is 1. The largest absolute Gasteiger partial charge is 0.586 e. The third-order valence-corrected chi connectivity index (χ3v) is 4.51. The van der Waals surface area contributed by atoms with Crippen LogP contribution in [0, 0.1) is 6.92 Å². The van der Waals surface area contributed by atoms with E-state index in [9.17, 15) is 13.6 Å². The normalized spacial score (nSPS) is 13.3. The fourth-order valence-electron chi connectivity index (χ4n) is 2.87. The van der Waals surface area contributed by atoms with Gasteiger partial charge >= 0.3 is 6.29 Å². The molecule has 1 aliphatic heterocycles. The maximum Gasteiger partial charge on any atom is 0.586 e. The number of benzene rings is 2. The topological polar surface area (TPSA) is 60.5 Å². The molecule has 0 atom stereocenters. The maximum atomic E-state index is 13.2. The number of aryl methyl sites for hydroxylation is 1. The molecule has 3 aromatic rings. The Morgan fingerprint density at radius 3 is 2.37 bits per heavy atom. The van der Waals surface area contributed by atoms with Gasteiger partial charge in [-0.05, 0) is 54.4 Å². The number of fused-ring (bicyclic) bond motifs is 1. The number of nitrogens with zero attached hydrogens (tertiary/aromatic N) is 1. The summed E-state index contributed by atoms with van der Waals surface area (Å²) < 4.78 is 35.4. The first-order chi connectivity index (χ1) is 14.3. The van der Waals surface area contributed by atoms with Gasteiger partial charge in [0.25, 0.3) is 5.91 Å². The first-order valence-electron chi connectivity index (χ1n) is 9.25. The molecule has 2 heterocycles. The Balaban J connectivity index is 0.00000124. The number of alkyl halides is 2. The summed E-state index contributed by atoms with van der Waals surface area (Å²) in [7, 11) is 0. The second-order valence-corrected chi connectivity index (χ2v) is 6.55. The Labute approximate surface area is 177 Å². The summed E-state index contributed by atoms with van der Waals surface area (Å²) in [5, 5.41) is 3.00. The third-order valence-electron chi connectivity index (χ3n) is 4.18. The molecule has 8 heteroatoms. The molecule has 2 aromatic carbocycles. The van der Waals surface area contributed by atoms with Crippen molar-refractivity contribution >= 4 is 23.3 Å². The Hall–Kier alpha value is -3.19. The van der Waals surface area contributed by atoms with Gasteiger partial charge in [-0.2, -0.15) is 0 Å². The summed E-state index contributed by atoms with van der Waals surface area (Å²) in [5.74, 6) is -0.101. The molecular formula is C22H19ClF2N2O3. The standard InChI is InChI=1S/C20H13ClF2N2O3.C2H6/c1-11-8-16-17(28-20(22,23)27-16)9-14(11)12-6-7-18(24-10-12)25-19(26)13-4-2-3-5-15(13)21;1-2/h2-10H,1H3,(H,24,25,26);1-2H3. The first-order valence-corrected chi connectivity index (χ1v) is 9.63. The van der Waals surface area contributed by atoms with E-state index in [1.807, 2.05) is 13.8 Å². The van der Waals surface area contributed by atoms with Crippen LogP contribution >= 0.6 is 11.6 Å². The summed E-state index contributed by atoms with van der Waals surface area (Å²) >= 11 is 6.02. The van der Waals surface area contributed by atoms with Crippen LogP contribution in [0.15, 0.2) is 54.7 Å². The van der Waals surface area contributed by atoms with Crippen LogP contribution in [0.1, 0.15) is 29.8 Å². The molecule has 0 radical (unpaired) electrons. The number of anilines is 1. The second-order valence-electron chi connectivity index (χ2n) is 6.15.